The van der Waals surface area contributed by atoms with Gasteiger partial charge in [-0.05, 0) is 66.4 Å². The predicted octanol–water partition coefficient (Wildman–Crippen LogP) is 5.69. The number of benzene rings is 3. The molecular weight excluding hydrogens is 442 g/mol. The molecule has 0 atom stereocenters. The Labute approximate surface area is 187 Å². The Balaban J connectivity index is 1.57. The first-order chi connectivity index (χ1) is 14.6. The first-order valence-electron chi connectivity index (χ1n) is 9.98. The molecule has 0 bridgehead atoms. The van der Waals surface area contributed by atoms with Crippen molar-refractivity contribution in [3.05, 3.63) is 87.4 Å². The summed E-state index contributed by atoms with van der Waals surface area (Å²) in [6, 6.07) is 20.4. The van der Waals surface area contributed by atoms with Crippen LogP contribution in [0.25, 0.3) is 0 Å². The molecule has 0 radical (unpaired) electrons. The van der Waals surface area contributed by atoms with Gasteiger partial charge in [-0.15, -0.1) is 0 Å². The number of rotatable bonds is 10. The molecule has 0 aliphatic rings. The van der Waals surface area contributed by atoms with Crippen LogP contribution in [0.1, 0.15) is 22.3 Å². The highest BCUT2D eigenvalue weighted by molar-refractivity contribution is 9.10. The van der Waals surface area contributed by atoms with Crippen LogP contribution in [0.5, 0.6) is 17.2 Å². The van der Waals surface area contributed by atoms with E-state index in [1.165, 1.54) is 16.7 Å². The number of methoxy groups -OCH3 is 2. The van der Waals surface area contributed by atoms with Gasteiger partial charge in [-0.25, -0.2) is 0 Å². The molecule has 0 fully saturated rings. The van der Waals surface area contributed by atoms with Crippen LogP contribution in [-0.2, 0) is 19.6 Å². The minimum atomic E-state index is 0.509. The molecule has 3 aromatic rings. The lowest BCUT2D eigenvalue weighted by atomic mass is 10.1. The van der Waals surface area contributed by atoms with E-state index in [0.717, 1.165) is 46.8 Å². The van der Waals surface area contributed by atoms with E-state index in [9.17, 15) is 0 Å². The van der Waals surface area contributed by atoms with E-state index < -0.39 is 0 Å². The molecule has 0 saturated heterocycles. The van der Waals surface area contributed by atoms with E-state index in [1.54, 1.807) is 14.2 Å². The lowest BCUT2D eigenvalue weighted by Gasteiger charge is -2.15. The largest absolute Gasteiger partial charge is 0.497 e. The van der Waals surface area contributed by atoms with Gasteiger partial charge in [0.2, 0.25) is 0 Å². The summed E-state index contributed by atoms with van der Waals surface area (Å²) in [4.78, 5) is 0. The van der Waals surface area contributed by atoms with Crippen LogP contribution in [0.2, 0.25) is 0 Å². The number of aryl methyl sites for hydroxylation is 1. The molecule has 0 saturated carbocycles. The maximum absolute atomic E-state index is 6.05. The maximum Gasteiger partial charge on any atom is 0.162 e. The molecule has 5 heteroatoms. The van der Waals surface area contributed by atoms with Crippen molar-refractivity contribution in [1.82, 2.24) is 5.32 Å². The van der Waals surface area contributed by atoms with Crippen molar-refractivity contribution in [3.8, 4) is 17.2 Å². The molecule has 158 valence electrons. The number of hydrogen-bond acceptors (Lipinski definition) is 4. The van der Waals surface area contributed by atoms with Crippen LogP contribution in [0.15, 0.2) is 65.1 Å². The third-order valence-corrected chi connectivity index (χ3v) is 5.78. The second-order valence-electron chi connectivity index (χ2n) is 7.08. The minimum absolute atomic E-state index is 0.509. The van der Waals surface area contributed by atoms with Crippen molar-refractivity contribution < 1.29 is 14.2 Å². The standard InChI is InChI=1S/C25H28BrNO3/c1-18-6-4-5-7-20(18)17-30-25-15-23(26)21(14-24(25)29-3)16-27-13-12-19-8-10-22(28-2)11-9-19/h4-11,14-15,27H,12-13,16-17H2,1-3H3. The molecule has 0 aliphatic carbocycles. The fourth-order valence-corrected chi connectivity index (χ4v) is 3.62. The summed E-state index contributed by atoms with van der Waals surface area (Å²) in [5, 5.41) is 3.50. The van der Waals surface area contributed by atoms with Gasteiger partial charge in [-0.2, -0.15) is 0 Å². The fourth-order valence-electron chi connectivity index (χ4n) is 3.16. The first kappa shape index (κ1) is 22.2. The zero-order chi connectivity index (χ0) is 21.3. The van der Waals surface area contributed by atoms with Crippen molar-refractivity contribution in [3.63, 3.8) is 0 Å². The summed E-state index contributed by atoms with van der Waals surface area (Å²) in [5.41, 5.74) is 4.79. The lowest BCUT2D eigenvalue weighted by molar-refractivity contribution is 0.283. The highest BCUT2D eigenvalue weighted by Gasteiger charge is 2.11. The van der Waals surface area contributed by atoms with Gasteiger partial charge in [0.15, 0.2) is 11.5 Å². The van der Waals surface area contributed by atoms with Gasteiger partial charge in [0.1, 0.15) is 12.4 Å². The topological polar surface area (TPSA) is 39.7 Å². The summed E-state index contributed by atoms with van der Waals surface area (Å²) >= 11 is 3.67. The fraction of sp³-hybridized carbons (Fsp3) is 0.280. The smallest absolute Gasteiger partial charge is 0.162 e. The first-order valence-corrected chi connectivity index (χ1v) is 10.8. The molecule has 0 aromatic heterocycles. The van der Waals surface area contributed by atoms with Gasteiger partial charge < -0.3 is 19.5 Å². The highest BCUT2D eigenvalue weighted by atomic mass is 79.9. The monoisotopic (exact) mass is 469 g/mol. The van der Waals surface area contributed by atoms with E-state index in [0.29, 0.717) is 6.61 Å². The predicted molar refractivity (Wildman–Crippen MR) is 125 cm³/mol. The third-order valence-electron chi connectivity index (χ3n) is 5.04. The molecule has 4 nitrogen and oxygen atoms in total. The minimum Gasteiger partial charge on any atom is -0.497 e. The number of ether oxygens (including phenoxy) is 3. The average molecular weight is 470 g/mol. The van der Waals surface area contributed by atoms with Crippen molar-refractivity contribution in [1.29, 1.82) is 0 Å². The molecule has 1 N–H and O–H groups in total. The van der Waals surface area contributed by atoms with Crippen LogP contribution in [-0.4, -0.2) is 20.8 Å². The Hall–Kier alpha value is -2.50. The molecule has 30 heavy (non-hydrogen) atoms. The zero-order valence-corrected chi connectivity index (χ0v) is 19.3. The van der Waals surface area contributed by atoms with E-state index in [2.05, 4.69) is 52.4 Å². The number of halogens is 1. The molecule has 3 rings (SSSR count). The number of nitrogens with one attached hydrogen (secondary N) is 1. The Morgan fingerprint density at radius 1 is 0.867 bits per heavy atom. The maximum atomic E-state index is 6.05. The Bertz CT molecular complexity index is 957. The van der Waals surface area contributed by atoms with Gasteiger partial charge in [0.05, 0.1) is 14.2 Å². The van der Waals surface area contributed by atoms with Crippen molar-refractivity contribution in [2.75, 3.05) is 20.8 Å². The van der Waals surface area contributed by atoms with Gasteiger partial charge >= 0.3 is 0 Å². The quantitative estimate of drug-likeness (QED) is 0.387. The summed E-state index contributed by atoms with van der Waals surface area (Å²) in [6.45, 7) is 4.22. The van der Waals surface area contributed by atoms with Gasteiger partial charge in [0.25, 0.3) is 0 Å². The second-order valence-corrected chi connectivity index (χ2v) is 7.94. The molecule has 0 amide bonds. The SMILES string of the molecule is COc1ccc(CCNCc2cc(OC)c(OCc3ccccc3C)cc2Br)cc1. The molecule has 0 spiro atoms. The zero-order valence-electron chi connectivity index (χ0n) is 17.7. The summed E-state index contributed by atoms with van der Waals surface area (Å²) < 4.78 is 17.8. The Morgan fingerprint density at radius 3 is 2.33 bits per heavy atom. The van der Waals surface area contributed by atoms with Crippen LogP contribution in [0.3, 0.4) is 0 Å². The summed E-state index contributed by atoms with van der Waals surface area (Å²) in [7, 11) is 3.35. The third kappa shape index (κ3) is 6.00. The molecule has 0 unspecified atom stereocenters. The van der Waals surface area contributed by atoms with Crippen LogP contribution in [0, 0.1) is 6.92 Å². The van der Waals surface area contributed by atoms with Crippen molar-refractivity contribution in [2.45, 2.75) is 26.5 Å². The van der Waals surface area contributed by atoms with Crippen molar-refractivity contribution in [2.24, 2.45) is 0 Å². The van der Waals surface area contributed by atoms with Crippen molar-refractivity contribution >= 4 is 15.9 Å². The van der Waals surface area contributed by atoms with Gasteiger partial charge in [-0.3, -0.25) is 0 Å². The molecule has 0 heterocycles. The second kappa shape index (κ2) is 11.0. The average Bonchev–Trinajstić information content (AvgIpc) is 2.77. The summed E-state index contributed by atoms with van der Waals surface area (Å²) in [6.07, 6.45) is 0.955. The molecule has 3 aromatic carbocycles. The van der Waals surface area contributed by atoms with E-state index in [-0.39, 0.29) is 0 Å². The van der Waals surface area contributed by atoms with E-state index >= 15 is 0 Å². The molecular formula is C25H28BrNO3. The van der Waals surface area contributed by atoms with Crippen LogP contribution >= 0.6 is 15.9 Å². The summed E-state index contributed by atoms with van der Waals surface area (Å²) in [5.74, 6) is 2.35. The van der Waals surface area contributed by atoms with Crippen LogP contribution in [0.4, 0.5) is 0 Å². The Kier molecular flexibility index (Phi) is 8.17. The van der Waals surface area contributed by atoms with E-state index in [4.69, 9.17) is 14.2 Å². The van der Waals surface area contributed by atoms with Crippen LogP contribution < -0.4 is 19.5 Å². The van der Waals surface area contributed by atoms with Gasteiger partial charge in [0, 0.05) is 11.0 Å². The van der Waals surface area contributed by atoms with Gasteiger partial charge in [-0.1, -0.05) is 52.3 Å². The Morgan fingerprint density at radius 2 is 1.63 bits per heavy atom. The highest BCUT2D eigenvalue weighted by Crippen LogP contribution is 2.34. The lowest BCUT2D eigenvalue weighted by Crippen LogP contribution is -2.17. The van der Waals surface area contributed by atoms with E-state index in [1.807, 2.05) is 36.4 Å². The normalized spacial score (nSPS) is 10.7. The number of hydrogen-bond donors (Lipinski definition) is 1. The molecule has 0 aliphatic heterocycles.